The van der Waals surface area contributed by atoms with E-state index in [2.05, 4.69) is 32.2 Å². The Bertz CT molecular complexity index is 452. The molecule has 1 aliphatic heterocycles. The highest BCUT2D eigenvalue weighted by atomic mass is 79.9. The van der Waals surface area contributed by atoms with Gasteiger partial charge in [-0.2, -0.15) is 5.26 Å². The Labute approximate surface area is 121 Å². The molecule has 0 radical (unpaired) electrons. The monoisotopic (exact) mass is 327 g/mol. The van der Waals surface area contributed by atoms with E-state index in [1.54, 1.807) is 0 Å². The normalized spacial score (nSPS) is 18.3. The Kier molecular flexibility index (Phi) is 5.02. The van der Waals surface area contributed by atoms with Gasteiger partial charge in [0.15, 0.2) is 0 Å². The van der Waals surface area contributed by atoms with Crippen molar-refractivity contribution in [3.05, 3.63) is 33.3 Å². The summed E-state index contributed by atoms with van der Waals surface area (Å²) in [7, 11) is 0. The van der Waals surface area contributed by atoms with E-state index in [4.69, 9.17) is 16.9 Å². The van der Waals surface area contributed by atoms with Crippen LogP contribution in [0, 0.1) is 11.3 Å². The van der Waals surface area contributed by atoms with E-state index < -0.39 is 0 Å². The van der Waals surface area contributed by atoms with Gasteiger partial charge >= 0.3 is 0 Å². The Morgan fingerprint density at radius 1 is 1.44 bits per heavy atom. The number of nitrogens with one attached hydrogen (secondary N) is 1. The summed E-state index contributed by atoms with van der Waals surface area (Å²) in [5, 5.41) is 13.1. The van der Waals surface area contributed by atoms with E-state index in [9.17, 15) is 0 Å². The van der Waals surface area contributed by atoms with Gasteiger partial charge in [-0.15, -0.1) is 0 Å². The summed E-state index contributed by atoms with van der Waals surface area (Å²) in [6, 6.07) is 8.36. The van der Waals surface area contributed by atoms with Gasteiger partial charge in [-0.3, -0.25) is 4.90 Å². The molecule has 1 aromatic carbocycles. The van der Waals surface area contributed by atoms with E-state index in [0.717, 1.165) is 36.2 Å². The van der Waals surface area contributed by atoms with Crippen LogP contribution >= 0.6 is 27.5 Å². The zero-order chi connectivity index (χ0) is 13.0. The van der Waals surface area contributed by atoms with E-state index in [-0.39, 0.29) is 6.04 Å². The second-order valence-electron chi connectivity index (χ2n) is 4.34. The third-order valence-electron chi connectivity index (χ3n) is 3.21. The molecule has 0 saturated carbocycles. The SMILES string of the molecule is N#CC[C@@H](c1ccc(Cl)c(Br)c1)N1CCNCC1. The lowest BCUT2D eigenvalue weighted by atomic mass is 10.0. The van der Waals surface area contributed by atoms with Crippen molar-refractivity contribution >= 4 is 27.5 Å². The largest absolute Gasteiger partial charge is 0.314 e. The van der Waals surface area contributed by atoms with Gasteiger partial charge in [0.25, 0.3) is 0 Å². The molecule has 0 unspecified atom stereocenters. The number of benzene rings is 1. The van der Waals surface area contributed by atoms with Crippen LogP contribution in [0.4, 0.5) is 0 Å². The van der Waals surface area contributed by atoms with Crippen LogP contribution in [0.2, 0.25) is 5.02 Å². The fraction of sp³-hybridized carbons (Fsp3) is 0.462. The molecule has 96 valence electrons. The highest BCUT2D eigenvalue weighted by Crippen LogP contribution is 2.30. The lowest BCUT2D eigenvalue weighted by molar-refractivity contribution is 0.175. The van der Waals surface area contributed by atoms with E-state index >= 15 is 0 Å². The molecule has 1 fully saturated rings. The first-order chi connectivity index (χ1) is 8.72. The Balaban J connectivity index is 2.22. The van der Waals surface area contributed by atoms with E-state index in [0.29, 0.717) is 11.4 Å². The smallest absolute Gasteiger partial charge is 0.0641 e. The van der Waals surface area contributed by atoms with Gasteiger partial charge in [-0.05, 0) is 33.6 Å². The molecular formula is C13H15BrClN3. The third kappa shape index (κ3) is 3.24. The van der Waals surface area contributed by atoms with Crippen LogP contribution in [0.15, 0.2) is 22.7 Å². The molecular weight excluding hydrogens is 314 g/mol. The van der Waals surface area contributed by atoms with Crippen molar-refractivity contribution < 1.29 is 0 Å². The molecule has 2 rings (SSSR count). The molecule has 1 atom stereocenters. The average molecular weight is 329 g/mol. The molecule has 0 bridgehead atoms. The fourth-order valence-electron chi connectivity index (χ4n) is 2.26. The number of nitriles is 1. The minimum Gasteiger partial charge on any atom is -0.314 e. The molecule has 1 heterocycles. The summed E-state index contributed by atoms with van der Waals surface area (Å²) in [6.07, 6.45) is 0.508. The van der Waals surface area contributed by atoms with Crippen molar-refractivity contribution in [3.63, 3.8) is 0 Å². The highest BCUT2D eigenvalue weighted by Gasteiger charge is 2.22. The van der Waals surface area contributed by atoms with Crippen LogP contribution in [0.25, 0.3) is 0 Å². The first-order valence-electron chi connectivity index (χ1n) is 5.99. The Morgan fingerprint density at radius 3 is 2.78 bits per heavy atom. The van der Waals surface area contributed by atoms with Crippen LogP contribution in [0.1, 0.15) is 18.0 Å². The zero-order valence-corrected chi connectivity index (χ0v) is 12.3. The molecule has 5 heteroatoms. The fourth-order valence-corrected chi connectivity index (χ4v) is 2.77. The first-order valence-corrected chi connectivity index (χ1v) is 7.16. The predicted octanol–water partition coefficient (Wildman–Crippen LogP) is 2.96. The van der Waals surface area contributed by atoms with Crippen molar-refractivity contribution in [2.24, 2.45) is 0 Å². The average Bonchev–Trinajstić information content (AvgIpc) is 2.40. The molecule has 1 saturated heterocycles. The predicted molar refractivity (Wildman–Crippen MR) is 76.6 cm³/mol. The van der Waals surface area contributed by atoms with Gasteiger partial charge in [0.1, 0.15) is 0 Å². The van der Waals surface area contributed by atoms with E-state index in [1.807, 2.05) is 18.2 Å². The maximum atomic E-state index is 9.02. The second kappa shape index (κ2) is 6.53. The summed E-state index contributed by atoms with van der Waals surface area (Å²) in [6.45, 7) is 3.92. The summed E-state index contributed by atoms with van der Waals surface area (Å²) in [5.41, 5.74) is 1.15. The molecule has 1 aromatic rings. The van der Waals surface area contributed by atoms with Crippen LogP contribution in [-0.2, 0) is 0 Å². The molecule has 0 spiro atoms. The minimum absolute atomic E-state index is 0.158. The number of piperazine rings is 1. The highest BCUT2D eigenvalue weighted by molar-refractivity contribution is 9.10. The van der Waals surface area contributed by atoms with Crippen molar-refractivity contribution in [3.8, 4) is 6.07 Å². The second-order valence-corrected chi connectivity index (χ2v) is 5.60. The number of hydrogen-bond donors (Lipinski definition) is 1. The maximum Gasteiger partial charge on any atom is 0.0641 e. The number of hydrogen-bond acceptors (Lipinski definition) is 3. The molecule has 1 aliphatic rings. The first kappa shape index (κ1) is 13.8. The van der Waals surface area contributed by atoms with Gasteiger partial charge in [-0.1, -0.05) is 17.7 Å². The lowest BCUT2D eigenvalue weighted by Crippen LogP contribution is -2.45. The van der Waals surface area contributed by atoms with Gasteiger partial charge in [0, 0.05) is 36.7 Å². The molecule has 0 aromatic heterocycles. The molecule has 0 aliphatic carbocycles. The molecule has 18 heavy (non-hydrogen) atoms. The van der Waals surface area contributed by atoms with Gasteiger partial charge < -0.3 is 5.32 Å². The van der Waals surface area contributed by atoms with Crippen LogP contribution in [-0.4, -0.2) is 31.1 Å². The minimum atomic E-state index is 0.158. The van der Waals surface area contributed by atoms with Gasteiger partial charge in [0.2, 0.25) is 0 Å². The summed E-state index contributed by atoms with van der Waals surface area (Å²) in [4.78, 5) is 2.36. The summed E-state index contributed by atoms with van der Waals surface area (Å²) in [5.74, 6) is 0. The summed E-state index contributed by atoms with van der Waals surface area (Å²) < 4.78 is 0.889. The quantitative estimate of drug-likeness (QED) is 0.927. The van der Waals surface area contributed by atoms with Crippen LogP contribution < -0.4 is 5.32 Å². The zero-order valence-electron chi connectivity index (χ0n) is 10.00. The van der Waals surface area contributed by atoms with Crippen molar-refractivity contribution in [2.75, 3.05) is 26.2 Å². The standard InChI is InChI=1S/C13H15BrClN3/c14-11-9-10(1-2-12(11)15)13(3-4-16)18-7-5-17-6-8-18/h1-2,9,13,17H,3,5-8H2/t13-/m0/s1. The Hall–Kier alpha value is -0.600. The number of rotatable bonds is 3. The van der Waals surface area contributed by atoms with Crippen LogP contribution in [0.3, 0.4) is 0 Å². The number of nitrogens with zero attached hydrogens (tertiary/aromatic N) is 2. The van der Waals surface area contributed by atoms with Crippen molar-refractivity contribution in [1.82, 2.24) is 10.2 Å². The van der Waals surface area contributed by atoms with Crippen molar-refractivity contribution in [1.29, 1.82) is 5.26 Å². The Morgan fingerprint density at radius 2 is 2.17 bits per heavy atom. The summed E-state index contributed by atoms with van der Waals surface area (Å²) >= 11 is 9.46. The molecule has 0 amide bonds. The third-order valence-corrected chi connectivity index (χ3v) is 4.42. The topological polar surface area (TPSA) is 39.1 Å². The van der Waals surface area contributed by atoms with E-state index in [1.165, 1.54) is 0 Å². The van der Waals surface area contributed by atoms with Gasteiger partial charge in [-0.25, -0.2) is 0 Å². The van der Waals surface area contributed by atoms with Crippen molar-refractivity contribution in [2.45, 2.75) is 12.5 Å². The lowest BCUT2D eigenvalue weighted by Gasteiger charge is -2.34. The van der Waals surface area contributed by atoms with Gasteiger partial charge in [0.05, 0.1) is 17.5 Å². The maximum absolute atomic E-state index is 9.02. The molecule has 1 N–H and O–H groups in total. The number of halogens is 2. The van der Waals surface area contributed by atoms with Crippen LogP contribution in [0.5, 0.6) is 0 Å². The molecule has 3 nitrogen and oxygen atoms in total.